The standard InChI is InChI=1S/C31H37F3N4O3/c1-37-13-10-28-23(21-37)11-14-39-15-16-40-17-18-41-26-7-2-5-24(19-26)35-12-4-6-25-20-27-29(36-28)8-3-9-30(27)38(25)22-31(32,33)34/h2-3,5,7-9,19-20,23,28,35-36H,10-18,21-22H2,1H3. The molecule has 2 N–H and O–H groups in total. The Morgan fingerprint density at radius 2 is 1.78 bits per heavy atom. The highest BCUT2D eigenvalue weighted by Crippen LogP contribution is 2.32. The molecule has 220 valence electrons. The Hall–Kier alpha value is -3.39. The van der Waals surface area contributed by atoms with Crippen molar-refractivity contribution in [1.29, 1.82) is 0 Å². The molecule has 41 heavy (non-hydrogen) atoms. The van der Waals surface area contributed by atoms with Gasteiger partial charge >= 0.3 is 6.18 Å². The van der Waals surface area contributed by atoms with Crippen molar-refractivity contribution in [2.45, 2.75) is 31.6 Å². The van der Waals surface area contributed by atoms with Gasteiger partial charge in [0.15, 0.2) is 0 Å². The number of fused-ring (bicyclic) bond motifs is 4. The zero-order valence-corrected chi connectivity index (χ0v) is 23.3. The lowest BCUT2D eigenvalue weighted by molar-refractivity contribution is -0.140. The molecule has 0 spiro atoms. The zero-order chi connectivity index (χ0) is 28.7. The van der Waals surface area contributed by atoms with Crippen LogP contribution in [-0.2, 0) is 16.0 Å². The summed E-state index contributed by atoms with van der Waals surface area (Å²) in [6, 6.07) is 14.9. The first-order valence-electron chi connectivity index (χ1n) is 14.1. The lowest BCUT2D eigenvalue weighted by atomic mass is 9.89. The van der Waals surface area contributed by atoms with E-state index in [-0.39, 0.29) is 12.6 Å². The molecule has 1 saturated heterocycles. The molecule has 0 amide bonds. The van der Waals surface area contributed by atoms with Crippen LogP contribution in [0.5, 0.6) is 5.75 Å². The second-order valence-corrected chi connectivity index (χ2v) is 10.6. The normalized spacial score (nSPS) is 21.6. The molecule has 2 aliphatic heterocycles. The summed E-state index contributed by atoms with van der Waals surface area (Å²) in [4.78, 5) is 2.32. The van der Waals surface area contributed by atoms with Gasteiger partial charge in [-0.25, -0.2) is 0 Å². The minimum absolute atomic E-state index is 0.176. The van der Waals surface area contributed by atoms with Crippen LogP contribution < -0.4 is 15.4 Å². The number of hydrogen-bond donors (Lipinski definition) is 2. The molecule has 2 atom stereocenters. The molecule has 1 fully saturated rings. The second-order valence-electron chi connectivity index (χ2n) is 10.6. The maximum Gasteiger partial charge on any atom is 0.406 e. The van der Waals surface area contributed by atoms with Crippen molar-refractivity contribution < 1.29 is 27.4 Å². The van der Waals surface area contributed by atoms with Gasteiger partial charge in [0.2, 0.25) is 0 Å². The van der Waals surface area contributed by atoms with Crippen LogP contribution in [-0.4, -0.2) is 81.4 Å². The lowest BCUT2D eigenvalue weighted by Gasteiger charge is -2.38. The van der Waals surface area contributed by atoms with Crippen molar-refractivity contribution in [2.24, 2.45) is 5.92 Å². The minimum Gasteiger partial charge on any atom is -0.491 e. The number of alkyl halides is 3. The summed E-state index contributed by atoms with van der Waals surface area (Å²) in [5.41, 5.74) is 2.47. The Morgan fingerprint density at radius 3 is 2.63 bits per heavy atom. The minimum atomic E-state index is -4.38. The average molecular weight is 571 g/mol. The Balaban J connectivity index is 1.45. The number of hydrogen-bond acceptors (Lipinski definition) is 6. The van der Waals surface area contributed by atoms with E-state index >= 15 is 0 Å². The third-order valence-electron chi connectivity index (χ3n) is 7.49. The molecule has 7 nitrogen and oxygen atoms in total. The van der Waals surface area contributed by atoms with Gasteiger partial charge in [0.25, 0.3) is 0 Å². The lowest BCUT2D eigenvalue weighted by Crippen LogP contribution is -2.45. The average Bonchev–Trinajstić information content (AvgIpc) is 3.28. The Labute approximate surface area is 238 Å². The third kappa shape index (κ3) is 8.09. The first kappa shape index (κ1) is 29.1. The fourth-order valence-corrected chi connectivity index (χ4v) is 5.51. The van der Waals surface area contributed by atoms with Crippen LogP contribution in [0.2, 0.25) is 0 Å². The zero-order valence-electron chi connectivity index (χ0n) is 23.3. The molecular weight excluding hydrogens is 533 g/mol. The van der Waals surface area contributed by atoms with Crippen LogP contribution in [0, 0.1) is 17.8 Å². The van der Waals surface area contributed by atoms with E-state index in [1.165, 1.54) is 4.57 Å². The molecule has 0 radical (unpaired) electrons. The highest BCUT2D eigenvalue weighted by Gasteiger charge is 2.31. The maximum atomic E-state index is 13.6. The number of rotatable bonds is 1. The molecule has 3 heterocycles. The van der Waals surface area contributed by atoms with Crippen molar-refractivity contribution in [3.8, 4) is 17.6 Å². The van der Waals surface area contributed by atoms with Crippen molar-refractivity contribution in [1.82, 2.24) is 9.47 Å². The van der Waals surface area contributed by atoms with Gasteiger partial charge in [-0.1, -0.05) is 18.1 Å². The molecule has 3 aromatic rings. The van der Waals surface area contributed by atoms with E-state index in [9.17, 15) is 13.2 Å². The van der Waals surface area contributed by atoms with Gasteiger partial charge in [-0.05, 0) is 68.6 Å². The van der Waals surface area contributed by atoms with E-state index in [0.717, 1.165) is 42.7 Å². The quantitative estimate of drug-likeness (QED) is 0.392. The van der Waals surface area contributed by atoms with Crippen molar-refractivity contribution >= 4 is 22.3 Å². The first-order chi connectivity index (χ1) is 19.9. The van der Waals surface area contributed by atoms with E-state index in [2.05, 4.69) is 34.4 Å². The number of nitrogens with one attached hydrogen (secondary N) is 2. The molecule has 2 aliphatic rings. The summed E-state index contributed by atoms with van der Waals surface area (Å²) in [7, 11) is 2.12. The Morgan fingerprint density at radius 1 is 0.976 bits per heavy atom. The molecule has 4 bridgehead atoms. The summed E-state index contributed by atoms with van der Waals surface area (Å²) < 4.78 is 59.5. The summed E-state index contributed by atoms with van der Waals surface area (Å²) in [5, 5.41) is 7.63. The van der Waals surface area contributed by atoms with E-state index in [1.54, 1.807) is 12.1 Å². The van der Waals surface area contributed by atoms with E-state index < -0.39 is 12.7 Å². The van der Waals surface area contributed by atoms with Crippen molar-refractivity contribution in [2.75, 3.05) is 70.3 Å². The molecule has 5 rings (SSSR count). The van der Waals surface area contributed by atoms with Gasteiger partial charge in [-0.3, -0.25) is 0 Å². The summed E-state index contributed by atoms with van der Waals surface area (Å²) in [6.45, 7) is 3.52. The SMILES string of the molecule is CN1CCC2Nc3cccc4c3cc(n4CC(F)(F)F)C#CCNc3cccc(c3)OCCOCCOCCC2C1. The highest BCUT2D eigenvalue weighted by molar-refractivity contribution is 5.94. The van der Waals surface area contributed by atoms with Crippen molar-refractivity contribution in [3.63, 3.8) is 0 Å². The number of ether oxygens (including phenoxy) is 3. The van der Waals surface area contributed by atoms with E-state index in [4.69, 9.17) is 14.2 Å². The van der Waals surface area contributed by atoms with Gasteiger partial charge < -0.3 is 34.3 Å². The molecular formula is C31H37F3N4O3. The summed E-state index contributed by atoms with van der Waals surface area (Å²) in [6.07, 6.45) is -2.57. The molecule has 10 heteroatoms. The fraction of sp³-hybridized carbons (Fsp3) is 0.484. The topological polar surface area (TPSA) is 59.9 Å². The van der Waals surface area contributed by atoms with Gasteiger partial charge in [0.1, 0.15) is 18.9 Å². The largest absolute Gasteiger partial charge is 0.491 e. The number of nitrogens with zero attached hydrogens (tertiary/aromatic N) is 2. The smallest absolute Gasteiger partial charge is 0.406 e. The molecule has 1 aromatic heterocycles. The maximum absolute atomic E-state index is 13.6. The molecule has 0 saturated carbocycles. The van der Waals surface area contributed by atoms with E-state index in [0.29, 0.717) is 55.9 Å². The number of anilines is 2. The number of benzene rings is 2. The highest BCUT2D eigenvalue weighted by atomic mass is 19.4. The van der Waals surface area contributed by atoms with E-state index in [1.807, 2.05) is 36.4 Å². The van der Waals surface area contributed by atoms with Crippen LogP contribution in [0.4, 0.5) is 24.5 Å². The van der Waals surface area contributed by atoms with Crippen LogP contribution in [0.25, 0.3) is 10.9 Å². The third-order valence-corrected chi connectivity index (χ3v) is 7.49. The summed E-state index contributed by atoms with van der Waals surface area (Å²) >= 11 is 0. The van der Waals surface area contributed by atoms with Crippen LogP contribution in [0.1, 0.15) is 18.5 Å². The van der Waals surface area contributed by atoms with Crippen molar-refractivity contribution in [3.05, 3.63) is 54.2 Å². The first-order valence-corrected chi connectivity index (χ1v) is 14.1. The molecule has 2 aromatic carbocycles. The molecule has 0 aliphatic carbocycles. The Bertz CT molecular complexity index is 1360. The number of likely N-dealkylation sites (tertiary alicyclic amines) is 1. The summed E-state index contributed by atoms with van der Waals surface area (Å²) in [5.74, 6) is 7.01. The predicted octanol–water partition coefficient (Wildman–Crippen LogP) is 5.22. The molecule has 2 unspecified atom stereocenters. The monoisotopic (exact) mass is 570 g/mol. The second kappa shape index (κ2) is 13.5. The number of aromatic nitrogens is 1. The van der Waals surface area contributed by atoms with Crippen LogP contribution in [0.15, 0.2) is 48.5 Å². The van der Waals surface area contributed by atoms with Gasteiger partial charge in [-0.2, -0.15) is 13.2 Å². The number of halogens is 3. The van der Waals surface area contributed by atoms with Gasteiger partial charge in [-0.15, -0.1) is 0 Å². The fourth-order valence-electron chi connectivity index (χ4n) is 5.51. The van der Waals surface area contributed by atoms with Gasteiger partial charge in [0.05, 0.1) is 37.6 Å². The predicted molar refractivity (Wildman–Crippen MR) is 155 cm³/mol. The van der Waals surface area contributed by atoms with Crippen LogP contribution >= 0.6 is 0 Å². The van der Waals surface area contributed by atoms with Crippen LogP contribution in [0.3, 0.4) is 0 Å². The number of piperidine rings is 1. The van der Waals surface area contributed by atoms with Gasteiger partial charge in [0, 0.05) is 42.0 Å². The Kier molecular flexibility index (Phi) is 9.60.